The number of nitro benzene ring substituents is 1. The van der Waals surface area contributed by atoms with Gasteiger partial charge in [-0.05, 0) is 54.6 Å². The number of carbonyl (C=O) groups is 1. The molecule has 1 heterocycles. The van der Waals surface area contributed by atoms with Crippen LogP contribution in [0.4, 0.5) is 11.4 Å². The maximum atomic E-state index is 12.2. The lowest BCUT2D eigenvalue weighted by atomic mass is 10.3. The van der Waals surface area contributed by atoms with E-state index in [1.807, 2.05) is 0 Å². The van der Waals surface area contributed by atoms with Crippen LogP contribution in [0.25, 0.3) is 16.7 Å². The highest BCUT2D eigenvalue weighted by atomic mass is 35.5. The smallest absolute Gasteiger partial charge is 0.269 e. The summed E-state index contributed by atoms with van der Waals surface area (Å²) >= 11 is 5.90. The van der Waals surface area contributed by atoms with Crippen LogP contribution in [0, 0.1) is 10.1 Å². The lowest BCUT2D eigenvalue weighted by molar-refractivity contribution is -0.384. The Hall–Kier alpha value is -3.98. The van der Waals surface area contributed by atoms with Crippen LogP contribution < -0.4 is 10.1 Å². The molecule has 1 N–H and O–H groups in total. The van der Waals surface area contributed by atoms with Crippen molar-refractivity contribution in [3.8, 4) is 11.4 Å². The van der Waals surface area contributed by atoms with Crippen LogP contribution in [0.3, 0.4) is 0 Å². The van der Waals surface area contributed by atoms with Crippen LogP contribution in [-0.2, 0) is 4.79 Å². The molecule has 0 aliphatic rings. The van der Waals surface area contributed by atoms with Gasteiger partial charge in [0.05, 0.1) is 10.6 Å². The maximum absolute atomic E-state index is 12.2. The zero-order chi connectivity index (χ0) is 21.1. The number of fused-ring (bicyclic) bond motifs is 1. The Morgan fingerprint density at radius 3 is 2.43 bits per heavy atom. The molecule has 1 aromatic heterocycles. The Morgan fingerprint density at radius 1 is 1.03 bits per heavy atom. The summed E-state index contributed by atoms with van der Waals surface area (Å²) in [5.41, 5.74) is 2.54. The van der Waals surface area contributed by atoms with Crippen LogP contribution in [0.5, 0.6) is 5.75 Å². The van der Waals surface area contributed by atoms with Crippen LogP contribution in [0.1, 0.15) is 0 Å². The minimum atomic E-state index is -0.504. The standard InChI is InChI=1S/C20H14ClN5O4/c21-13-1-4-15(5-2-13)25-23-18-10-3-14(11-19(18)24-25)22-20(27)12-30-17-8-6-16(7-9-17)26(28)29/h1-11H,12H2,(H,22,27). The van der Waals surface area contributed by atoms with Gasteiger partial charge in [0.1, 0.15) is 16.8 Å². The second-order valence-corrected chi connectivity index (χ2v) is 6.69. The first kappa shape index (κ1) is 19.3. The maximum Gasteiger partial charge on any atom is 0.269 e. The average Bonchev–Trinajstić information content (AvgIpc) is 3.16. The first-order valence-electron chi connectivity index (χ1n) is 8.78. The molecule has 3 aromatic carbocycles. The summed E-state index contributed by atoms with van der Waals surface area (Å²) in [4.78, 5) is 23.8. The fourth-order valence-corrected chi connectivity index (χ4v) is 2.82. The highest BCUT2D eigenvalue weighted by Gasteiger charge is 2.09. The zero-order valence-corrected chi connectivity index (χ0v) is 16.1. The number of ether oxygens (including phenoxy) is 1. The molecule has 9 nitrogen and oxygen atoms in total. The molecule has 0 bridgehead atoms. The number of nitrogens with zero attached hydrogens (tertiary/aromatic N) is 4. The van der Waals surface area contributed by atoms with Crippen molar-refractivity contribution in [1.82, 2.24) is 15.0 Å². The van der Waals surface area contributed by atoms with Crippen molar-refractivity contribution in [1.29, 1.82) is 0 Å². The third-order valence-electron chi connectivity index (χ3n) is 4.14. The molecule has 30 heavy (non-hydrogen) atoms. The summed E-state index contributed by atoms with van der Waals surface area (Å²) in [5, 5.41) is 22.8. The molecule has 0 spiro atoms. The van der Waals surface area contributed by atoms with E-state index in [1.165, 1.54) is 29.1 Å². The second kappa shape index (κ2) is 8.18. The van der Waals surface area contributed by atoms with E-state index in [9.17, 15) is 14.9 Å². The monoisotopic (exact) mass is 423 g/mol. The summed E-state index contributed by atoms with van der Waals surface area (Å²) in [7, 11) is 0. The number of anilines is 1. The molecule has 0 fully saturated rings. The fourth-order valence-electron chi connectivity index (χ4n) is 2.69. The molecule has 0 aliphatic carbocycles. The topological polar surface area (TPSA) is 112 Å². The van der Waals surface area contributed by atoms with E-state index >= 15 is 0 Å². The number of nitrogens with one attached hydrogen (secondary N) is 1. The molecule has 4 rings (SSSR count). The molecule has 0 radical (unpaired) electrons. The summed E-state index contributed by atoms with van der Waals surface area (Å²) in [6.45, 7) is -0.243. The van der Waals surface area contributed by atoms with E-state index < -0.39 is 4.92 Å². The van der Waals surface area contributed by atoms with Gasteiger partial charge < -0.3 is 10.1 Å². The Kier molecular flexibility index (Phi) is 5.27. The number of hydrogen-bond donors (Lipinski definition) is 1. The van der Waals surface area contributed by atoms with Gasteiger partial charge in [-0.25, -0.2) is 0 Å². The van der Waals surface area contributed by atoms with E-state index in [0.717, 1.165) is 5.69 Å². The molecule has 0 saturated heterocycles. The molecule has 0 saturated carbocycles. The van der Waals surface area contributed by atoms with Gasteiger partial charge in [-0.2, -0.15) is 4.80 Å². The van der Waals surface area contributed by atoms with Crippen molar-refractivity contribution in [2.24, 2.45) is 0 Å². The first-order chi connectivity index (χ1) is 14.5. The van der Waals surface area contributed by atoms with Crippen LogP contribution in [0.15, 0.2) is 66.7 Å². The fraction of sp³-hybridized carbons (Fsp3) is 0.0500. The third-order valence-corrected chi connectivity index (χ3v) is 4.39. The zero-order valence-electron chi connectivity index (χ0n) is 15.4. The van der Waals surface area contributed by atoms with E-state index in [-0.39, 0.29) is 18.2 Å². The van der Waals surface area contributed by atoms with Gasteiger partial charge in [0.15, 0.2) is 6.61 Å². The number of non-ortho nitro benzene ring substituents is 1. The Morgan fingerprint density at radius 2 is 1.73 bits per heavy atom. The van der Waals surface area contributed by atoms with Crippen molar-refractivity contribution in [3.05, 3.63) is 81.9 Å². The SMILES string of the molecule is O=C(COc1ccc([N+](=O)[O-])cc1)Nc1ccc2nn(-c3ccc(Cl)cc3)nc2c1. The Balaban J connectivity index is 1.41. The van der Waals surface area contributed by atoms with E-state index in [2.05, 4.69) is 15.5 Å². The lowest BCUT2D eigenvalue weighted by Crippen LogP contribution is -2.20. The van der Waals surface area contributed by atoms with Crippen molar-refractivity contribution in [2.75, 3.05) is 11.9 Å². The highest BCUT2D eigenvalue weighted by Crippen LogP contribution is 2.20. The number of halogens is 1. The van der Waals surface area contributed by atoms with Gasteiger partial charge in [0.2, 0.25) is 0 Å². The summed E-state index contributed by atoms with van der Waals surface area (Å²) in [6, 6.07) is 17.8. The number of carbonyl (C=O) groups excluding carboxylic acids is 1. The number of rotatable bonds is 6. The van der Waals surface area contributed by atoms with E-state index in [4.69, 9.17) is 16.3 Å². The van der Waals surface area contributed by atoms with Crippen molar-refractivity contribution < 1.29 is 14.5 Å². The molecule has 150 valence electrons. The van der Waals surface area contributed by atoms with E-state index in [0.29, 0.717) is 27.5 Å². The molecule has 0 atom stereocenters. The van der Waals surface area contributed by atoms with Gasteiger partial charge in [0.25, 0.3) is 11.6 Å². The minimum absolute atomic E-state index is 0.0493. The van der Waals surface area contributed by atoms with Crippen LogP contribution >= 0.6 is 11.6 Å². The predicted octanol–water partition coefficient (Wildman–Crippen LogP) is 4.00. The number of hydrogen-bond acceptors (Lipinski definition) is 6. The van der Waals surface area contributed by atoms with Crippen LogP contribution in [-0.4, -0.2) is 32.4 Å². The Bertz CT molecular complexity index is 1220. The highest BCUT2D eigenvalue weighted by molar-refractivity contribution is 6.30. The first-order valence-corrected chi connectivity index (χ1v) is 9.16. The largest absolute Gasteiger partial charge is 0.484 e. The molecule has 10 heteroatoms. The van der Waals surface area contributed by atoms with Gasteiger partial charge in [0, 0.05) is 22.8 Å². The molecule has 1 amide bonds. The van der Waals surface area contributed by atoms with Gasteiger partial charge in [-0.1, -0.05) is 11.6 Å². The lowest BCUT2D eigenvalue weighted by Gasteiger charge is -2.07. The molecular formula is C20H14ClN5O4. The van der Waals surface area contributed by atoms with Crippen molar-refractivity contribution >= 4 is 39.9 Å². The van der Waals surface area contributed by atoms with Crippen molar-refractivity contribution in [2.45, 2.75) is 0 Å². The van der Waals surface area contributed by atoms with Gasteiger partial charge in [-0.3, -0.25) is 14.9 Å². The average molecular weight is 424 g/mol. The summed E-state index contributed by atoms with van der Waals surface area (Å²) in [5.74, 6) is -0.0186. The minimum Gasteiger partial charge on any atom is -0.484 e. The van der Waals surface area contributed by atoms with Crippen LogP contribution in [0.2, 0.25) is 5.02 Å². The molecular weight excluding hydrogens is 410 g/mol. The van der Waals surface area contributed by atoms with Crippen molar-refractivity contribution in [3.63, 3.8) is 0 Å². The predicted molar refractivity (Wildman–Crippen MR) is 111 cm³/mol. The summed E-state index contributed by atoms with van der Waals surface area (Å²) in [6.07, 6.45) is 0. The second-order valence-electron chi connectivity index (χ2n) is 6.26. The third kappa shape index (κ3) is 4.36. The molecule has 0 aliphatic heterocycles. The number of nitro groups is 1. The molecule has 0 unspecified atom stereocenters. The molecule has 4 aromatic rings. The van der Waals surface area contributed by atoms with Gasteiger partial charge in [-0.15, -0.1) is 10.2 Å². The quantitative estimate of drug-likeness (QED) is 0.370. The number of benzene rings is 3. The normalized spacial score (nSPS) is 10.7. The number of aromatic nitrogens is 3. The van der Waals surface area contributed by atoms with Gasteiger partial charge >= 0.3 is 0 Å². The Labute approximate surface area is 175 Å². The number of amides is 1. The summed E-state index contributed by atoms with van der Waals surface area (Å²) < 4.78 is 5.36. The van der Waals surface area contributed by atoms with E-state index in [1.54, 1.807) is 42.5 Å².